The number of amides is 1. The third-order valence-electron chi connectivity index (χ3n) is 4.74. The number of aromatic nitrogens is 1. The van der Waals surface area contributed by atoms with Crippen LogP contribution in [0.15, 0.2) is 48.5 Å². The van der Waals surface area contributed by atoms with Crippen LogP contribution in [0.5, 0.6) is 0 Å². The standard InChI is InChI=1S/C21H19ClN2O2/c1-14-5-2-3-6-15(14)19-13-17(21(25)24-9-11-26-12-10-24)16-7-4-8-18(22)20(16)23-19/h2-8,13H,9-12H2,1H3. The van der Waals surface area contributed by atoms with Crippen molar-refractivity contribution in [3.05, 3.63) is 64.7 Å². The Morgan fingerprint density at radius 1 is 1.12 bits per heavy atom. The van der Waals surface area contributed by atoms with E-state index in [9.17, 15) is 4.79 Å². The summed E-state index contributed by atoms with van der Waals surface area (Å²) in [6, 6.07) is 15.5. The van der Waals surface area contributed by atoms with E-state index in [1.54, 1.807) is 0 Å². The second-order valence-electron chi connectivity index (χ2n) is 6.41. The van der Waals surface area contributed by atoms with Crippen LogP contribution in [0.25, 0.3) is 22.2 Å². The molecular weight excluding hydrogens is 348 g/mol. The van der Waals surface area contributed by atoms with Crippen molar-refractivity contribution < 1.29 is 9.53 Å². The Balaban J connectivity index is 1.92. The quantitative estimate of drug-likeness (QED) is 0.677. The number of para-hydroxylation sites is 1. The highest BCUT2D eigenvalue weighted by molar-refractivity contribution is 6.35. The van der Waals surface area contributed by atoms with E-state index >= 15 is 0 Å². The highest BCUT2D eigenvalue weighted by Crippen LogP contribution is 2.31. The topological polar surface area (TPSA) is 42.4 Å². The van der Waals surface area contributed by atoms with Crippen molar-refractivity contribution in [2.45, 2.75) is 6.92 Å². The summed E-state index contributed by atoms with van der Waals surface area (Å²) in [5, 5.41) is 1.33. The van der Waals surface area contributed by atoms with E-state index in [4.69, 9.17) is 21.3 Å². The maximum Gasteiger partial charge on any atom is 0.254 e. The van der Waals surface area contributed by atoms with E-state index in [1.807, 2.05) is 60.4 Å². The summed E-state index contributed by atoms with van der Waals surface area (Å²) in [6.45, 7) is 4.38. The normalized spacial score (nSPS) is 14.6. The van der Waals surface area contributed by atoms with Crippen molar-refractivity contribution in [2.75, 3.05) is 26.3 Å². The number of morpholine rings is 1. The Labute approximate surface area is 157 Å². The molecule has 26 heavy (non-hydrogen) atoms. The predicted octanol–water partition coefficient (Wildman–Crippen LogP) is 4.34. The number of nitrogens with zero attached hydrogens (tertiary/aromatic N) is 2. The SMILES string of the molecule is Cc1ccccc1-c1cc(C(=O)N2CCOCC2)c2cccc(Cl)c2n1. The van der Waals surface area contributed by atoms with E-state index in [1.165, 1.54) is 0 Å². The van der Waals surface area contributed by atoms with Crippen LogP contribution in [0.3, 0.4) is 0 Å². The van der Waals surface area contributed by atoms with Crippen LogP contribution in [0, 0.1) is 6.92 Å². The number of carbonyl (C=O) groups excluding carboxylic acids is 1. The first kappa shape index (κ1) is 17.0. The van der Waals surface area contributed by atoms with Gasteiger partial charge in [-0.25, -0.2) is 4.98 Å². The van der Waals surface area contributed by atoms with Gasteiger partial charge in [-0.15, -0.1) is 0 Å². The molecule has 0 N–H and O–H groups in total. The van der Waals surface area contributed by atoms with Crippen LogP contribution >= 0.6 is 11.6 Å². The zero-order valence-electron chi connectivity index (χ0n) is 14.5. The number of aryl methyl sites for hydroxylation is 1. The first-order chi connectivity index (χ1) is 12.6. The van der Waals surface area contributed by atoms with Gasteiger partial charge >= 0.3 is 0 Å². The van der Waals surface area contributed by atoms with Gasteiger partial charge in [0.15, 0.2) is 0 Å². The van der Waals surface area contributed by atoms with E-state index in [-0.39, 0.29) is 5.91 Å². The highest BCUT2D eigenvalue weighted by Gasteiger charge is 2.22. The van der Waals surface area contributed by atoms with Gasteiger partial charge in [0.05, 0.1) is 35.0 Å². The minimum absolute atomic E-state index is 0.00204. The Morgan fingerprint density at radius 2 is 1.88 bits per heavy atom. The molecular formula is C21H19ClN2O2. The summed E-state index contributed by atoms with van der Waals surface area (Å²) < 4.78 is 5.37. The third-order valence-corrected chi connectivity index (χ3v) is 5.04. The number of halogens is 1. The first-order valence-corrected chi connectivity index (χ1v) is 9.05. The maximum atomic E-state index is 13.2. The van der Waals surface area contributed by atoms with E-state index in [0.717, 1.165) is 22.2 Å². The van der Waals surface area contributed by atoms with Crippen LogP contribution in [-0.4, -0.2) is 42.1 Å². The Hall–Kier alpha value is -2.43. The molecule has 1 saturated heterocycles. The van der Waals surface area contributed by atoms with Crippen LogP contribution < -0.4 is 0 Å². The van der Waals surface area contributed by atoms with E-state index in [0.29, 0.717) is 42.4 Å². The van der Waals surface area contributed by atoms with Crippen LogP contribution in [0.1, 0.15) is 15.9 Å². The summed E-state index contributed by atoms with van der Waals surface area (Å²) in [6.07, 6.45) is 0. The van der Waals surface area contributed by atoms with Crippen molar-refractivity contribution in [1.29, 1.82) is 0 Å². The number of fused-ring (bicyclic) bond motifs is 1. The third kappa shape index (κ3) is 3.06. The minimum Gasteiger partial charge on any atom is -0.378 e. The summed E-state index contributed by atoms with van der Waals surface area (Å²) >= 11 is 6.41. The molecule has 0 saturated carbocycles. The molecule has 5 heteroatoms. The molecule has 1 aliphatic rings. The van der Waals surface area contributed by atoms with Crippen molar-refractivity contribution >= 4 is 28.4 Å². The number of rotatable bonds is 2. The zero-order chi connectivity index (χ0) is 18.1. The lowest BCUT2D eigenvalue weighted by atomic mass is 10.0. The first-order valence-electron chi connectivity index (χ1n) is 8.67. The maximum absolute atomic E-state index is 13.2. The van der Waals surface area contributed by atoms with Crippen LogP contribution in [0.2, 0.25) is 5.02 Å². The molecule has 4 rings (SSSR count). The Kier molecular flexibility index (Phi) is 4.62. The Morgan fingerprint density at radius 3 is 2.65 bits per heavy atom. The van der Waals surface area contributed by atoms with Crippen molar-refractivity contribution in [1.82, 2.24) is 9.88 Å². The fourth-order valence-electron chi connectivity index (χ4n) is 3.33. The van der Waals surface area contributed by atoms with Gasteiger partial charge in [0, 0.05) is 24.0 Å². The lowest BCUT2D eigenvalue weighted by Crippen LogP contribution is -2.40. The van der Waals surface area contributed by atoms with Gasteiger partial charge in [-0.3, -0.25) is 4.79 Å². The molecule has 2 aromatic carbocycles. The zero-order valence-corrected chi connectivity index (χ0v) is 15.3. The lowest BCUT2D eigenvalue weighted by molar-refractivity contribution is 0.0304. The van der Waals surface area contributed by atoms with Gasteiger partial charge in [0.1, 0.15) is 0 Å². The largest absolute Gasteiger partial charge is 0.378 e. The van der Waals surface area contributed by atoms with Gasteiger partial charge in [-0.2, -0.15) is 0 Å². The number of hydrogen-bond donors (Lipinski definition) is 0. The monoisotopic (exact) mass is 366 g/mol. The second-order valence-corrected chi connectivity index (χ2v) is 6.82. The molecule has 0 bridgehead atoms. The predicted molar refractivity (Wildman–Crippen MR) is 104 cm³/mol. The molecule has 4 nitrogen and oxygen atoms in total. The lowest BCUT2D eigenvalue weighted by Gasteiger charge is -2.27. The second kappa shape index (κ2) is 7.06. The molecule has 0 unspecified atom stereocenters. The van der Waals surface area contributed by atoms with Gasteiger partial charge in [-0.1, -0.05) is 48.0 Å². The van der Waals surface area contributed by atoms with Crippen molar-refractivity contribution in [2.24, 2.45) is 0 Å². The van der Waals surface area contributed by atoms with Crippen LogP contribution in [-0.2, 0) is 4.74 Å². The molecule has 1 fully saturated rings. The van der Waals surface area contributed by atoms with Crippen molar-refractivity contribution in [3.8, 4) is 11.3 Å². The van der Waals surface area contributed by atoms with Crippen molar-refractivity contribution in [3.63, 3.8) is 0 Å². The average molecular weight is 367 g/mol. The molecule has 3 aromatic rings. The molecule has 2 heterocycles. The average Bonchev–Trinajstić information content (AvgIpc) is 2.68. The Bertz CT molecular complexity index is 981. The molecule has 1 amide bonds. The number of benzene rings is 2. The number of hydrogen-bond acceptors (Lipinski definition) is 3. The molecule has 0 atom stereocenters. The van der Waals surface area contributed by atoms with E-state index in [2.05, 4.69) is 0 Å². The minimum atomic E-state index is -0.00204. The van der Waals surface area contributed by atoms with Gasteiger partial charge < -0.3 is 9.64 Å². The number of ether oxygens (including phenoxy) is 1. The number of carbonyl (C=O) groups is 1. The van der Waals surface area contributed by atoms with E-state index < -0.39 is 0 Å². The fraction of sp³-hybridized carbons (Fsp3) is 0.238. The molecule has 0 spiro atoms. The molecule has 0 radical (unpaired) electrons. The fourth-order valence-corrected chi connectivity index (χ4v) is 3.54. The summed E-state index contributed by atoms with van der Waals surface area (Å²) in [5.74, 6) is -0.00204. The summed E-state index contributed by atoms with van der Waals surface area (Å²) in [7, 11) is 0. The molecule has 132 valence electrons. The molecule has 1 aliphatic heterocycles. The smallest absolute Gasteiger partial charge is 0.254 e. The molecule has 0 aliphatic carbocycles. The van der Waals surface area contributed by atoms with Gasteiger partial charge in [0.25, 0.3) is 5.91 Å². The highest BCUT2D eigenvalue weighted by atomic mass is 35.5. The summed E-state index contributed by atoms with van der Waals surface area (Å²) in [5.41, 5.74) is 4.17. The number of pyridine rings is 1. The van der Waals surface area contributed by atoms with Gasteiger partial charge in [0.2, 0.25) is 0 Å². The summed E-state index contributed by atoms with van der Waals surface area (Å²) in [4.78, 5) is 19.8. The molecule has 1 aromatic heterocycles. The van der Waals surface area contributed by atoms with Crippen LogP contribution in [0.4, 0.5) is 0 Å². The van der Waals surface area contributed by atoms with Gasteiger partial charge in [-0.05, 0) is 24.6 Å².